The fourth-order valence-electron chi connectivity index (χ4n) is 1.67. The van der Waals surface area contributed by atoms with Crippen LogP contribution in [0.3, 0.4) is 0 Å². The van der Waals surface area contributed by atoms with Crippen molar-refractivity contribution in [2.75, 3.05) is 27.2 Å². The normalized spacial score (nSPS) is 38.4. The molecular formula is C8H18N2. The van der Waals surface area contributed by atoms with Crippen LogP contribution in [-0.2, 0) is 0 Å². The minimum absolute atomic E-state index is 0.716. The van der Waals surface area contributed by atoms with Gasteiger partial charge in [-0.3, -0.25) is 4.90 Å². The lowest BCUT2D eigenvalue weighted by Gasteiger charge is -2.40. The highest BCUT2D eigenvalue weighted by atomic mass is 15.3. The van der Waals surface area contributed by atoms with E-state index in [0.29, 0.717) is 12.1 Å². The van der Waals surface area contributed by atoms with Gasteiger partial charge in [-0.25, -0.2) is 0 Å². The molecule has 2 nitrogen and oxygen atoms in total. The van der Waals surface area contributed by atoms with Crippen molar-refractivity contribution < 1.29 is 0 Å². The third-order valence-corrected chi connectivity index (χ3v) is 2.54. The summed E-state index contributed by atoms with van der Waals surface area (Å²) in [4.78, 5) is 4.84. The van der Waals surface area contributed by atoms with Crippen molar-refractivity contribution in [3.8, 4) is 0 Å². The van der Waals surface area contributed by atoms with Gasteiger partial charge in [-0.15, -0.1) is 0 Å². The van der Waals surface area contributed by atoms with Gasteiger partial charge in [0.25, 0.3) is 0 Å². The van der Waals surface area contributed by atoms with Crippen LogP contribution < -0.4 is 0 Å². The van der Waals surface area contributed by atoms with E-state index >= 15 is 0 Å². The largest absolute Gasteiger partial charge is 0.303 e. The van der Waals surface area contributed by atoms with E-state index in [-0.39, 0.29) is 0 Å². The van der Waals surface area contributed by atoms with Crippen LogP contribution in [0, 0.1) is 0 Å². The van der Waals surface area contributed by atoms with Crippen molar-refractivity contribution in [2.45, 2.75) is 25.9 Å². The predicted molar refractivity (Wildman–Crippen MR) is 44.2 cm³/mol. The fourth-order valence-corrected chi connectivity index (χ4v) is 1.67. The van der Waals surface area contributed by atoms with Crippen molar-refractivity contribution >= 4 is 0 Å². The van der Waals surface area contributed by atoms with E-state index in [0.717, 1.165) is 0 Å². The summed E-state index contributed by atoms with van der Waals surface area (Å²) in [6, 6.07) is 1.43. The molecule has 0 N–H and O–H groups in total. The smallest absolute Gasteiger partial charge is 0.0195 e. The summed E-state index contributed by atoms with van der Waals surface area (Å²) in [5.41, 5.74) is 0. The lowest BCUT2D eigenvalue weighted by atomic mass is 10.1. The maximum atomic E-state index is 2.44. The van der Waals surface area contributed by atoms with Crippen LogP contribution in [-0.4, -0.2) is 49.1 Å². The minimum Gasteiger partial charge on any atom is -0.303 e. The minimum atomic E-state index is 0.716. The molecule has 1 fully saturated rings. The van der Waals surface area contributed by atoms with Gasteiger partial charge < -0.3 is 4.90 Å². The van der Waals surface area contributed by atoms with Gasteiger partial charge in [0.2, 0.25) is 0 Å². The zero-order valence-corrected chi connectivity index (χ0v) is 7.46. The van der Waals surface area contributed by atoms with Crippen LogP contribution in [0.25, 0.3) is 0 Å². The number of likely N-dealkylation sites (N-methyl/N-ethyl adjacent to an activating group) is 2. The zero-order chi connectivity index (χ0) is 7.72. The van der Waals surface area contributed by atoms with Crippen molar-refractivity contribution in [3.05, 3.63) is 0 Å². The SMILES string of the molecule is C[C@H]1CN(C)C[C@H](C)N1C. The number of hydrogen-bond donors (Lipinski definition) is 0. The lowest BCUT2D eigenvalue weighted by molar-refractivity contribution is 0.0761. The van der Waals surface area contributed by atoms with Crippen LogP contribution in [0.1, 0.15) is 13.8 Å². The first-order valence-corrected chi connectivity index (χ1v) is 4.01. The number of hydrogen-bond acceptors (Lipinski definition) is 2. The average Bonchev–Trinajstić information content (AvgIpc) is 1.82. The Balaban J connectivity index is 2.49. The molecule has 0 bridgehead atoms. The average molecular weight is 142 g/mol. The first-order chi connectivity index (χ1) is 4.61. The maximum Gasteiger partial charge on any atom is 0.0195 e. The maximum absolute atomic E-state index is 2.44. The molecule has 0 radical (unpaired) electrons. The number of rotatable bonds is 0. The number of nitrogens with zero attached hydrogens (tertiary/aromatic N) is 2. The first kappa shape index (κ1) is 8.02. The standard InChI is InChI=1S/C8H18N2/c1-7-5-9(3)6-8(2)10(7)4/h7-8H,5-6H2,1-4H3/t7-,8-/m0/s1. The van der Waals surface area contributed by atoms with Gasteiger partial charge in [-0.05, 0) is 27.9 Å². The molecule has 0 saturated carbocycles. The Morgan fingerprint density at radius 2 is 1.40 bits per heavy atom. The molecule has 0 unspecified atom stereocenters. The molecule has 0 amide bonds. The van der Waals surface area contributed by atoms with Crippen LogP contribution in [0.2, 0.25) is 0 Å². The monoisotopic (exact) mass is 142 g/mol. The summed E-state index contributed by atoms with van der Waals surface area (Å²) in [5, 5.41) is 0. The first-order valence-electron chi connectivity index (χ1n) is 4.01. The van der Waals surface area contributed by atoms with E-state index in [2.05, 4.69) is 37.7 Å². The van der Waals surface area contributed by atoms with Gasteiger partial charge in [0.15, 0.2) is 0 Å². The highest BCUT2D eigenvalue weighted by molar-refractivity contribution is 4.80. The Morgan fingerprint density at radius 3 is 1.80 bits per heavy atom. The second kappa shape index (κ2) is 2.89. The molecule has 1 saturated heterocycles. The molecule has 2 atom stereocenters. The van der Waals surface area contributed by atoms with Crippen LogP contribution in [0.15, 0.2) is 0 Å². The van der Waals surface area contributed by atoms with E-state index in [1.807, 2.05) is 0 Å². The van der Waals surface area contributed by atoms with Crippen LogP contribution >= 0.6 is 0 Å². The van der Waals surface area contributed by atoms with Gasteiger partial charge in [0.1, 0.15) is 0 Å². The molecule has 0 spiro atoms. The predicted octanol–water partition coefficient (Wildman–Crippen LogP) is 0.641. The van der Waals surface area contributed by atoms with Crippen molar-refractivity contribution in [1.29, 1.82) is 0 Å². The van der Waals surface area contributed by atoms with Crippen molar-refractivity contribution in [1.82, 2.24) is 9.80 Å². The Bertz CT molecular complexity index is 102. The van der Waals surface area contributed by atoms with Gasteiger partial charge in [-0.2, -0.15) is 0 Å². The number of piperazine rings is 1. The quantitative estimate of drug-likeness (QED) is 0.490. The summed E-state index contributed by atoms with van der Waals surface area (Å²) in [6.07, 6.45) is 0. The molecule has 1 aliphatic heterocycles. The summed E-state index contributed by atoms with van der Waals surface area (Å²) in [5.74, 6) is 0. The Kier molecular flexibility index (Phi) is 2.32. The molecule has 0 aromatic rings. The van der Waals surface area contributed by atoms with Crippen molar-refractivity contribution in [2.24, 2.45) is 0 Å². The van der Waals surface area contributed by atoms with Gasteiger partial charge in [-0.1, -0.05) is 0 Å². The molecule has 1 heterocycles. The summed E-state index contributed by atoms with van der Waals surface area (Å²) >= 11 is 0. The second-order valence-corrected chi connectivity index (χ2v) is 3.58. The van der Waals surface area contributed by atoms with Gasteiger partial charge in [0, 0.05) is 25.2 Å². The topological polar surface area (TPSA) is 6.48 Å². The second-order valence-electron chi connectivity index (χ2n) is 3.58. The van der Waals surface area contributed by atoms with E-state index in [1.165, 1.54) is 13.1 Å². The Morgan fingerprint density at radius 1 is 1.00 bits per heavy atom. The van der Waals surface area contributed by atoms with E-state index < -0.39 is 0 Å². The molecule has 10 heavy (non-hydrogen) atoms. The molecular weight excluding hydrogens is 124 g/mol. The lowest BCUT2D eigenvalue weighted by Crippen LogP contribution is -2.53. The fraction of sp³-hybridized carbons (Fsp3) is 1.00. The summed E-state index contributed by atoms with van der Waals surface area (Å²) in [6.45, 7) is 6.99. The van der Waals surface area contributed by atoms with Crippen molar-refractivity contribution in [3.63, 3.8) is 0 Å². The van der Waals surface area contributed by atoms with Gasteiger partial charge >= 0.3 is 0 Å². The van der Waals surface area contributed by atoms with Gasteiger partial charge in [0.05, 0.1) is 0 Å². The van der Waals surface area contributed by atoms with E-state index in [1.54, 1.807) is 0 Å². The Hall–Kier alpha value is -0.0800. The third-order valence-electron chi connectivity index (χ3n) is 2.54. The third kappa shape index (κ3) is 1.50. The summed E-state index contributed by atoms with van der Waals surface area (Å²) in [7, 11) is 4.41. The van der Waals surface area contributed by atoms with E-state index in [4.69, 9.17) is 0 Å². The molecule has 1 rings (SSSR count). The summed E-state index contributed by atoms with van der Waals surface area (Å²) < 4.78 is 0. The molecule has 60 valence electrons. The highest BCUT2D eigenvalue weighted by Crippen LogP contribution is 2.10. The molecule has 1 aliphatic rings. The molecule has 0 aliphatic carbocycles. The molecule has 0 aromatic carbocycles. The molecule has 2 heteroatoms. The zero-order valence-electron chi connectivity index (χ0n) is 7.46. The van der Waals surface area contributed by atoms with E-state index in [9.17, 15) is 0 Å². The highest BCUT2D eigenvalue weighted by Gasteiger charge is 2.23. The van der Waals surface area contributed by atoms with Crippen LogP contribution in [0.4, 0.5) is 0 Å². The molecule has 0 aromatic heterocycles. The van der Waals surface area contributed by atoms with Crippen LogP contribution in [0.5, 0.6) is 0 Å². The Labute approximate surface area is 63.8 Å².